The number of halogens is 4. The minimum atomic E-state index is -4.97. The first-order valence-corrected chi connectivity index (χ1v) is 11.5. The van der Waals surface area contributed by atoms with Crippen molar-refractivity contribution in [3.8, 4) is 5.75 Å². The molecule has 11 heteroatoms. The Morgan fingerprint density at radius 1 is 1.16 bits per heavy atom. The second-order valence-corrected chi connectivity index (χ2v) is 8.70. The number of nitrogens with one attached hydrogen (secondary N) is 3. The van der Waals surface area contributed by atoms with Crippen molar-refractivity contribution < 1.29 is 36.6 Å². The van der Waals surface area contributed by atoms with E-state index in [0.717, 1.165) is 24.8 Å². The Hall–Kier alpha value is -3.89. The third kappa shape index (κ3) is 6.46. The Kier molecular flexibility index (Phi) is 8.25. The normalized spacial score (nSPS) is 15.4. The van der Waals surface area contributed by atoms with E-state index >= 15 is 0 Å². The van der Waals surface area contributed by atoms with Gasteiger partial charge < -0.3 is 25.5 Å². The number of anilines is 1. The molecule has 0 radical (unpaired) electrons. The van der Waals surface area contributed by atoms with Crippen molar-refractivity contribution in [1.29, 1.82) is 5.41 Å². The molecule has 7 nitrogen and oxygen atoms in total. The number of hydrogen-bond donors (Lipinski definition) is 3. The number of amides is 1. The molecule has 1 atom stereocenters. The molecule has 3 rings (SSSR count). The van der Waals surface area contributed by atoms with Crippen LogP contribution in [0, 0.1) is 11.2 Å². The van der Waals surface area contributed by atoms with E-state index < -0.39 is 35.2 Å². The minimum absolute atomic E-state index is 0.0468. The van der Waals surface area contributed by atoms with Crippen LogP contribution in [0.3, 0.4) is 0 Å². The maximum Gasteiger partial charge on any atom is 0.573 e. The van der Waals surface area contributed by atoms with Crippen LogP contribution >= 0.6 is 0 Å². The van der Waals surface area contributed by atoms with Crippen LogP contribution in [0.1, 0.15) is 54.6 Å². The smallest absolute Gasteiger partial charge is 0.465 e. The maximum atomic E-state index is 14.7. The zero-order valence-electron chi connectivity index (χ0n) is 20.5. The summed E-state index contributed by atoms with van der Waals surface area (Å²) in [5.74, 6) is -2.97. The van der Waals surface area contributed by atoms with Crippen LogP contribution in [-0.2, 0) is 14.9 Å². The number of ether oxygens (including phenoxy) is 2. The van der Waals surface area contributed by atoms with E-state index in [1.807, 2.05) is 13.8 Å². The highest BCUT2D eigenvalue weighted by Crippen LogP contribution is 2.50. The summed E-state index contributed by atoms with van der Waals surface area (Å²) in [5.41, 5.74) is -0.147. The first-order chi connectivity index (χ1) is 17.4. The molecule has 0 bridgehead atoms. The van der Waals surface area contributed by atoms with E-state index in [2.05, 4.69) is 15.4 Å². The second kappa shape index (κ2) is 11.0. The number of benzene rings is 2. The molecular weight excluding hydrogens is 494 g/mol. The molecule has 37 heavy (non-hydrogen) atoms. The van der Waals surface area contributed by atoms with Gasteiger partial charge in [-0.25, -0.2) is 9.18 Å². The van der Waals surface area contributed by atoms with Gasteiger partial charge in [-0.1, -0.05) is 19.1 Å². The number of methoxy groups -OCH3 is 1. The largest absolute Gasteiger partial charge is 0.573 e. The summed E-state index contributed by atoms with van der Waals surface area (Å²) in [7, 11) is 1.21. The lowest BCUT2D eigenvalue weighted by atomic mass is 9.93. The van der Waals surface area contributed by atoms with Crippen LogP contribution in [0.25, 0.3) is 5.57 Å². The van der Waals surface area contributed by atoms with Crippen LogP contribution in [0.5, 0.6) is 5.75 Å². The van der Waals surface area contributed by atoms with Crippen molar-refractivity contribution in [3.05, 3.63) is 65.1 Å². The summed E-state index contributed by atoms with van der Waals surface area (Å²) in [6, 6.07) is 7.29. The van der Waals surface area contributed by atoms with Gasteiger partial charge in [0.15, 0.2) is 0 Å². The molecule has 0 aliphatic heterocycles. The van der Waals surface area contributed by atoms with Crippen LogP contribution in [0.4, 0.5) is 23.2 Å². The summed E-state index contributed by atoms with van der Waals surface area (Å²) in [6.45, 7) is 3.96. The molecule has 198 valence electrons. The molecule has 1 unspecified atom stereocenters. The van der Waals surface area contributed by atoms with Gasteiger partial charge in [0.2, 0.25) is 5.91 Å². The predicted octanol–water partition coefficient (Wildman–Crippen LogP) is 5.56. The highest BCUT2D eigenvalue weighted by molar-refractivity contribution is 6.13. The van der Waals surface area contributed by atoms with Crippen molar-refractivity contribution in [2.75, 3.05) is 12.4 Å². The fourth-order valence-corrected chi connectivity index (χ4v) is 3.78. The zero-order chi connectivity index (χ0) is 27.4. The van der Waals surface area contributed by atoms with Crippen LogP contribution in [0.15, 0.2) is 42.6 Å². The third-order valence-electron chi connectivity index (χ3n) is 6.16. The van der Waals surface area contributed by atoms with Crippen LogP contribution in [0.2, 0.25) is 0 Å². The summed E-state index contributed by atoms with van der Waals surface area (Å²) < 4.78 is 60.6. The number of alkyl halides is 3. The fourth-order valence-electron chi connectivity index (χ4n) is 3.78. The lowest BCUT2D eigenvalue weighted by Gasteiger charge is -2.19. The van der Waals surface area contributed by atoms with E-state index in [4.69, 9.17) is 10.1 Å². The third-order valence-corrected chi connectivity index (χ3v) is 6.16. The van der Waals surface area contributed by atoms with E-state index in [1.54, 1.807) is 12.3 Å². The van der Waals surface area contributed by atoms with Crippen molar-refractivity contribution >= 4 is 29.4 Å². The SMILES string of the molecule is CCC(C)N/C=C(\C=N)c1ccc(NC(=O)C2(c3ccc(OC(F)(F)F)cc3F)CC2)cc1C(=O)OC. The maximum absolute atomic E-state index is 14.7. The second-order valence-electron chi connectivity index (χ2n) is 8.70. The van der Waals surface area contributed by atoms with Gasteiger partial charge in [0.05, 0.1) is 18.1 Å². The Morgan fingerprint density at radius 2 is 1.86 bits per heavy atom. The summed E-state index contributed by atoms with van der Waals surface area (Å²) in [6.07, 6.45) is -0.836. The molecule has 0 heterocycles. The molecule has 1 amide bonds. The molecule has 1 aliphatic carbocycles. The fraction of sp³-hybridized carbons (Fsp3) is 0.346. The number of esters is 1. The van der Waals surface area contributed by atoms with E-state index in [9.17, 15) is 27.2 Å². The van der Waals surface area contributed by atoms with Crippen molar-refractivity contribution in [3.63, 3.8) is 0 Å². The minimum Gasteiger partial charge on any atom is -0.465 e. The van der Waals surface area contributed by atoms with Gasteiger partial charge in [0.1, 0.15) is 11.6 Å². The molecule has 2 aromatic rings. The lowest BCUT2D eigenvalue weighted by molar-refractivity contribution is -0.274. The van der Waals surface area contributed by atoms with Crippen LogP contribution < -0.4 is 15.4 Å². The Morgan fingerprint density at radius 3 is 2.41 bits per heavy atom. The number of hydrogen-bond acceptors (Lipinski definition) is 6. The molecule has 0 spiro atoms. The van der Waals surface area contributed by atoms with Gasteiger partial charge in [-0.2, -0.15) is 0 Å². The topological polar surface area (TPSA) is 101 Å². The van der Waals surface area contributed by atoms with Gasteiger partial charge >= 0.3 is 12.3 Å². The molecule has 1 saturated carbocycles. The molecular formula is C26H27F4N3O4. The summed E-state index contributed by atoms with van der Waals surface area (Å²) in [5, 5.41) is 13.6. The van der Waals surface area contributed by atoms with Gasteiger partial charge in [-0.15, -0.1) is 13.2 Å². The number of carbonyl (C=O) groups is 2. The molecule has 2 aromatic carbocycles. The first kappa shape index (κ1) is 27.7. The average Bonchev–Trinajstić information content (AvgIpc) is 3.65. The van der Waals surface area contributed by atoms with Gasteiger partial charge in [0.25, 0.3) is 0 Å². The molecule has 0 aromatic heterocycles. The first-order valence-electron chi connectivity index (χ1n) is 11.5. The molecule has 1 aliphatic rings. The number of carbonyl (C=O) groups excluding carboxylic acids is 2. The Bertz CT molecular complexity index is 1220. The van der Waals surface area contributed by atoms with E-state index in [0.29, 0.717) is 30.0 Å². The number of allylic oxidation sites excluding steroid dienone is 1. The quantitative estimate of drug-likeness (QED) is 0.216. The Labute approximate surface area is 211 Å². The highest BCUT2D eigenvalue weighted by atomic mass is 19.4. The highest BCUT2D eigenvalue weighted by Gasteiger charge is 2.53. The zero-order valence-corrected chi connectivity index (χ0v) is 20.5. The van der Waals surface area contributed by atoms with Gasteiger partial charge in [0, 0.05) is 41.3 Å². The van der Waals surface area contributed by atoms with Crippen molar-refractivity contribution in [2.24, 2.45) is 0 Å². The Balaban J connectivity index is 1.88. The molecule has 0 saturated heterocycles. The predicted molar refractivity (Wildman–Crippen MR) is 130 cm³/mol. The molecule has 1 fully saturated rings. The van der Waals surface area contributed by atoms with Crippen LogP contribution in [-0.4, -0.2) is 37.6 Å². The van der Waals surface area contributed by atoms with Crippen molar-refractivity contribution in [1.82, 2.24) is 5.32 Å². The van der Waals surface area contributed by atoms with E-state index in [1.165, 1.54) is 19.2 Å². The van der Waals surface area contributed by atoms with Gasteiger partial charge in [-0.3, -0.25) is 4.79 Å². The summed E-state index contributed by atoms with van der Waals surface area (Å²) >= 11 is 0. The van der Waals surface area contributed by atoms with E-state index in [-0.39, 0.29) is 22.9 Å². The number of rotatable bonds is 10. The van der Waals surface area contributed by atoms with Crippen molar-refractivity contribution in [2.45, 2.75) is 50.9 Å². The van der Waals surface area contributed by atoms with Gasteiger partial charge in [-0.05, 0) is 49.9 Å². The monoisotopic (exact) mass is 521 g/mol. The summed E-state index contributed by atoms with van der Waals surface area (Å²) in [4.78, 5) is 25.6. The standard InChI is InChI=1S/C26H27F4N3O4/c1-4-15(2)32-14-16(13-31)19-7-5-17(11-20(19)23(34)36-3)33-24(35)25(9-10-25)21-8-6-18(12-22(21)27)37-26(28,29)30/h5-8,11-15,31-32H,4,9-10H2,1-3H3,(H,33,35)/b16-14+,31-13?. The average molecular weight is 522 g/mol. The lowest BCUT2D eigenvalue weighted by Crippen LogP contribution is -2.29. The molecule has 3 N–H and O–H groups in total.